The second-order valence-corrected chi connectivity index (χ2v) is 3.01. The number of carbonyl (C=O) groups excluding carboxylic acids is 1. The quantitative estimate of drug-likeness (QED) is 0.568. The molecule has 4 nitrogen and oxygen atoms in total. The molecule has 1 N–H and O–H groups in total. The first-order valence-electron chi connectivity index (χ1n) is 5.23. The summed E-state index contributed by atoms with van der Waals surface area (Å²) in [5.41, 5.74) is 0. The van der Waals surface area contributed by atoms with Gasteiger partial charge in [0, 0.05) is 13.2 Å². The highest BCUT2D eigenvalue weighted by Gasteiger charge is 1.98. The van der Waals surface area contributed by atoms with Crippen LogP contribution < -0.4 is 5.32 Å². The van der Waals surface area contributed by atoms with Gasteiger partial charge in [-0.15, -0.1) is 0 Å². The molecule has 1 amide bonds. The molecular formula is C10H21NO3. The van der Waals surface area contributed by atoms with Crippen molar-refractivity contribution in [3.05, 3.63) is 0 Å². The van der Waals surface area contributed by atoms with Gasteiger partial charge >= 0.3 is 0 Å². The van der Waals surface area contributed by atoms with Crippen LogP contribution in [0.15, 0.2) is 0 Å². The van der Waals surface area contributed by atoms with Gasteiger partial charge in [0.05, 0.1) is 13.2 Å². The van der Waals surface area contributed by atoms with Gasteiger partial charge in [0.1, 0.15) is 6.61 Å². The fourth-order valence-electron chi connectivity index (χ4n) is 0.845. The summed E-state index contributed by atoms with van der Waals surface area (Å²) in [5.74, 6) is -0.0534. The second-order valence-electron chi connectivity index (χ2n) is 3.01. The van der Waals surface area contributed by atoms with Crippen LogP contribution in [0.1, 0.15) is 26.7 Å². The largest absolute Gasteiger partial charge is 0.379 e. The predicted octanol–water partition coefficient (Wildman–Crippen LogP) is 0.956. The van der Waals surface area contributed by atoms with Crippen molar-refractivity contribution >= 4 is 5.91 Å². The number of carbonyl (C=O) groups is 1. The van der Waals surface area contributed by atoms with Gasteiger partial charge in [-0.05, 0) is 12.8 Å². The molecule has 0 aliphatic heterocycles. The maximum absolute atomic E-state index is 11.0. The van der Waals surface area contributed by atoms with Crippen LogP contribution in [0.5, 0.6) is 0 Å². The van der Waals surface area contributed by atoms with Gasteiger partial charge in [-0.2, -0.15) is 0 Å². The smallest absolute Gasteiger partial charge is 0.245 e. The minimum atomic E-state index is -0.0534. The van der Waals surface area contributed by atoms with Gasteiger partial charge in [-0.1, -0.05) is 13.8 Å². The summed E-state index contributed by atoms with van der Waals surface area (Å²) in [6.45, 7) is 6.72. The van der Waals surface area contributed by atoms with Crippen molar-refractivity contribution in [3.8, 4) is 0 Å². The Morgan fingerprint density at radius 1 is 1.07 bits per heavy atom. The molecule has 0 aliphatic carbocycles. The molecular weight excluding hydrogens is 182 g/mol. The van der Waals surface area contributed by atoms with Crippen LogP contribution in [0.4, 0.5) is 0 Å². The average molecular weight is 203 g/mol. The number of nitrogens with one attached hydrogen (secondary N) is 1. The highest BCUT2D eigenvalue weighted by molar-refractivity contribution is 5.77. The fraction of sp³-hybridized carbons (Fsp3) is 0.900. The molecule has 4 heteroatoms. The summed E-state index contributed by atoms with van der Waals surface area (Å²) in [7, 11) is 0. The molecule has 0 aromatic rings. The Balaban J connectivity index is 3.07. The summed E-state index contributed by atoms with van der Waals surface area (Å²) < 4.78 is 10.3. The number of rotatable bonds is 9. The first-order chi connectivity index (χ1) is 6.81. The zero-order chi connectivity index (χ0) is 10.6. The highest BCUT2D eigenvalue weighted by atomic mass is 16.5. The predicted molar refractivity (Wildman–Crippen MR) is 55.2 cm³/mol. The number of amides is 1. The van der Waals surface area contributed by atoms with Crippen molar-refractivity contribution < 1.29 is 14.3 Å². The van der Waals surface area contributed by atoms with Crippen molar-refractivity contribution in [2.24, 2.45) is 0 Å². The maximum Gasteiger partial charge on any atom is 0.245 e. The van der Waals surface area contributed by atoms with E-state index in [4.69, 9.17) is 9.47 Å². The molecule has 14 heavy (non-hydrogen) atoms. The van der Waals surface area contributed by atoms with Gasteiger partial charge in [-0.3, -0.25) is 4.79 Å². The van der Waals surface area contributed by atoms with Crippen LogP contribution in [-0.2, 0) is 14.3 Å². The third-order valence-electron chi connectivity index (χ3n) is 1.53. The molecule has 0 aromatic carbocycles. The second kappa shape index (κ2) is 10.5. The lowest BCUT2D eigenvalue weighted by Gasteiger charge is -2.05. The van der Waals surface area contributed by atoms with Gasteiger partial charge in [0.2, 0.25) is 5.91 Å². The van der Waals surface area contributed by atoms with Crippen LogP contribution in [-0.4, -0.2) is 38.9 Å². The topological polar surface area (TPSA) is 47.6 Å². The van der Waals surface area contributed by atoms with Gasteiger partial charge in [-0.25, -0.2) is 0 Å². The summed E-state index contributed by atoms with van der Waals surface area (Å²) in [4.78, 5) is 11.0. The van der Waals surface area contributed by atoms with Crippen LogP contribution in [0.2, 0.25) is 0 Å². The normalized spacial score (nSPS) is 10.1. The van der Waals surface area contributed by atoms with E-state index in [2.05, 4.69) is 12.2 Å². The van der Waals surface area contributed by atoms with E-state index in [9.17, 15) is 4.79 Å². The van der Waals surface area contributed by atoms with E-state index in [-0.39, 0.29) is 12.5 Å². The Morgan fingerprint density at radius 2 is 1.79 bits per heavy atom. The Bertz CT molecular complexity index is 139. The van der Waals surface area contributed by atoms with Crippen molar-refractivity contribution in [1.82, 2.24) is 5.32 Å². The number of hydrogen-bond acceptors (Lipinski definition) is 3. The minimum Gasteiger partial charge on any atom is -0.379 e. The lowest BCUT2D eigenvalue weighted by molar-refractivity contribution is -0.126. The van der Waals surface area contributed by atoms with E-state index < -0.39 is 0 Å². The third kappa shape index (κ3) is 9.48. The molecule has 0 saturated heterocycles. The fourth-order valence-corrected chi connectivity index (χ4v) is 0.845. The van der Waals surface area contributed by atoms with E-state index >= 15 is 0 Å². The van der Waals surface area contributed by atoms with Crippen molar-refractivity contribution in [2.75, 3.05) is 33.0 Å². The Kier molecular flexibility index (Phi) is 10.0. The van der Waals surface area contributed by atoms with E-state index in [0.717, 1.165) is 19.4 Å². The van der Waals surface area contributed by atoms with Crippen LogP contribution in [0.25, 0.3) is 0 Å². The first kappa shape index (κ1) is 13.4. The Labute approximate surface area is 86.0 Å². The Hall–Kier alpha value is -0.610. The van der Waals surface area contributed by atoms with Crippen molar-refractivity contribution in [1.29, 1.82) is 0 Å². The first-order valence-corrected chi connectivity index (χ1v) is 5.23. The van der Waals surface area contributed by atoms with E-state index in [1.165, 1.54) is 0 Å². The molecule has 0 aromatic heterocycles. The summed E-state index contributed by atoms with van der Waals surface area (Å²) >= 11 is 0. The van der Waals surface area contributed by atoms with Crippen molar-refractivity contribution in [3.63, 3.8) is 0 Å². The summed E-state index contributed by atoms with van der Waals surface area (Å²) in [6.07, 6.45) is 1.96. The summed E-state index contributed by atoms with van der Waals surface area (Å²) in [6, 6.07) is 0. The maximum atomic E-state index is 11.0. The molecule has 84 valence electrons. The Morgan fingerprint density at radius 3 is 2.43 bits per heavy atom. The lowest BCUT2D eigenvalue weighted by atomic mass is 10.5. The van der Waals surface area contributed by atoms with Crippen molar-refractivity contribution in [2.45, 2.75) is 26.7 Å². The average Bonchev–Trinajstić information content (AvgIpc) is 2.20. The standard InChI is InChI=1S/C10H21NO3/c1-3-5-11-10(12)9-14-8-7-13-6-4-2/h3-9H2,1-2H3,(H,11,12). The van der Waals surface area contributed by atoms with Crippen LogP contribution in [0, 0.1) is 0 Å². The molecule has 0 bridgehead atoms. The van der Waals surface area contributed by atoms with Gasteiger partial charge in [0.25, 0.3) is 0 Å². The molecule has 0 heterocycles. The highest BCUT2D eigenvalue weighted by Crippen LogP contribution is 1.82. The molecule has 0 fully saturated rings. The molecule has 0 aliphatic rings. The minimum absolute atomic E-state index is 0.0534. The zero-order valence-corrected chi connectivity index (χ0v) is 9.17. The summed E-state index contributed by atoms with van der Waals surface area (Å²) in [5, 5.41) is 2.73. The number of hydrogen-bond donors (Lipinski definition) is 1. The van der Waals surface area contributed by atoms with Crippen LogP contribution >= 0.6 is 0 Å². The molecule has 0 radical (unpaired) electrons. The molecule has 0 unspecified atom stereocenters. The SMILES string of the molecule is CCCNC(=O)COCCOCCC. The molecule has 0 spiro atoms. The van der Waals surface area contributed by atoms with E-state index in [0.29, 0.717) is 19.8 Å². The monoisotopic (exact) mass is 203 g/mol. The zero-order valence-electron chi connectivity index (χ0n) is 9.17. The molecule has 0 saturated carbocycles. The third-order valence-corrected chi connectivity index (χ3v) is 1.53. The van der Waals surface area contributed by atoms with Crippen LogP contribution in [0.3, 0.4) is 0 Å². The van der Waals surface area contributed by atoms with E-state index in [1.807, 2.05) is 6.92 Å². The molecule has 0 atom stereocenters. The van der Waals surface area contributed by atoms with Gasteiger partial charge in [0.15, 0.2) is 0 Å². The number of ether oxygens (including phenoxy) is 2. The van der Waals surface area contributed by atoms with E-state index in [1.54, 1.807) is 0 Å². The lowest BCUT2D eigenvalue weighted by Crippen LogP contribution is -2.28. The van der Waals surface area contributed by atoms with Gasteiger partial charge < -0.3 is 14.8 Å². The molecule has 0 rings (SSSR count).